The van der Waals surface area contributed by atoms with Crippen LogP contribution < -0.4 is 10.1 Å². The predicted molar refractivity (Wildman–Crippen MR) is 46.4 cm³/mol. The van der Waals surface area contributed by atoms with Crippen LogP contribution in [0.5, 0.6) is 5.75 Å². The topological polar surface area (TPSA) is 34.1 Å². The Bertz CT molecular complexity index is 254. The quantitative estimate of drug-likeness (QED) is 0.701. The zero-order valence-electron chi connectivity index (χ0n) is 7.08. The summed E-state index contributed by atoms with van der Waals surface area (Å²) >= 11 is 0. The number of hydrogen-bond donors (Lipinski definition) is 1. The van der Waals surface area contributed by atoms with Crippen molar-refractivity contribution < 1.29 is 4.74 Å². The maximum atomic E-state index is 5.02. The molecule has 0 radical (unpaired) electrons. The average molecular weight is 164 g/mol. The summed E-state index contributed by atoms with van der Waals surface area (Å²) in [7, 11) is 1.65. The van der Waals surface area contributed by atoms with Crippen molar-refractivity contribution in [1.29, 1.82) is 0 Å². The van der Waals surface area contributed by atoms with E-state index in [1.807, 2.05) is 12.1 Å². The highest BCUT2D eigenvalue weighted by Gasteiger charge is 2.19. The Morgan fingerprint density at radius 1 is 1.50 bits per heavy atom. The molecule has 1 N–H and O–H groups in total. The molecule has 0 spiro atoms. The van der Waals surface area contributed by atoms with E-state index < -0.39 is 0 Å². The molecule has 1 saturated heterocycles. The first-order valence-corrected chi connectivity index (χ1v) is 4.11. The van der Waals surface area contributed by atoms with E-state index in [1.165, 1.54) is 0 Å². The summed E-state index contributed by atoms with van der Waals surface area (Å²) in [4.78, 5) is 4.31. The molecule has 0 amide bonds. The number of rotatable bonds is 2. The monoisotopic (exact) mass is 164 g/mol. The van der Waals surface area contributed by atoms with Gasteiger partial charge in [-0.05, 0) is 12.1 Å². The highest BCUT2D eigenvalue weighted by atomic mass is 16.5. The van der Waals surface area contributed by atoms with Crippen LogP contribution in [0.2, 0.25) is 0 Å². The highest BCUT2D eigenvalue weighted by Crippen LogP contribution is 2.19. The maximum Gasteiger partial charge on any atom is 0.137 e. The van der Waals surface area contributed by atoms with Crippen molar-refractivity contribution in [2.45, 2.75) is 5.92 Å². The van der Waals surface area contributed by atoms with Crippen LogP contribution in [0.1, 0.15) is 11.6 Å². The molecule has 0 aliphatic carbocycles. The van der Waals surface area contributed by atoms with Gasteiger partial charge in [0.25, 0.3) is 0 Å². The second-order valence-corrected chi connectivity index (χ2v) is 2.98. The molecule has 0 bridgehead atoms. The van der Waals surface area contributed by atoms with Crippen LogP contribution >= 0.6 is 0 Å². The van der Waals surface area contributed by atoms with E-state index in [4.69, 9.17) is 4.74 Å². The number of ether oxygens (including phenoxy) is 1. The van der Waals surface area contributed by atoms with Gasteiger partial charge in [0.1, 0.15) is 5.75 Å². The first kappa shape index (κ1) is 7.55. The van der Waals surface area contributed by atoms with Crippen LogP contribution in [-0.4, -0.2) is 25.2 Å². The van der Waals surface area contributed by atoms with Gasteiger partial charge in [-0.2, -0.15) is 0 Å². The summed E-state index contributed by atoms with van der Waals surface area (Å²) < 4.78 is 5.02. The predicted octanol–water partition coefficient (Wildman–Crippen LogP) is 0.777. The first-order chi connectivity index (χ1) is 5.90. The molecule has 2 heterocycles. The number of methoxy groups -OCH3 is 1. The molecule has 1 aliphatic rings. The number of hydrogen-bond acceptors (Lipinski definition) is 3. The number of aromatic nitrogens is 1. The van der Waals surface area contributed by atoms with E-state index in [0.717, 1.165) is 24.5 Å². The van der Waals surface area contributed by atoms with Gasteiger partial charge in [-0.25, -0.2) is 0 Å². The van der Waals surface area contributed by atoms with Gasteiger partial charge >= 0.3 is 0 Å². The van der Waals surface area contributed by atoms with Crippen molar-refractivity contribution in [1.82, 2.24) is 10.3 Å². The molecule has 1 aliphatic heterocycles. The van der Waals surface area contributed by atoms with Gasteiger partial charge in [0.05, 0.1) is 13.3 Å². The molecule has 0 atom stereocenters. The summed E-state index contributed by atoms with van der Waals surface area (Å²) in [5.74, 6) is 1.43. The fraction of sp³-hybridized carbons (Fsp3) is 0.444. The summed E-state index contributed by atoms with van der Waals surface area (Å²) in [6, 6.07) is 3.99. The van der Waals surface area contributed by atoms with Crippen LogP contribution in [0, 0.1) is 0 Å². The Labute approximate surface area is 71.8 Å². The van der Waals surface area contributed by atoms with E-state index in [9.17, 15) is 0 Å². The molecule has 3 nitrogen and oxygen atoms in total. The minimum atomic E-state index is 0.607. The lowest BCUT2D eigenvalue weighted by Gasteiger charge is -2.26. The second-order valence-electron chi connectivity index (χ2n) is 2.98. The Balaban J connectivity index is 2.13. The molecule has 3 heteroatoms. The number of nitrogens with one attached hydrogen (secondary N) is 1. The summed E-state index contributed by atoms with van der Waals surface area (Å²) in [5, 5.41) is 3.22. The highest BCUT2D eigenvalue weighted by molar-refractivity contribution is 5.23. The molecule has 1 fully saturated rings. The van der Waals surface area contributed by atoms with E-state index in [2.05, 4.69) is 10.3 Å². The van der Waals surface area contributed by atoms with Crippen molar-refractivity contribution >= 4 is 0 Å². The third-order valence-electron chi connectivity index (χ3n) is 2.19. The van der Waals surface area contributed by atoms with Gasteiger partial charge in [-0.15, -0.1) is 0 Å². The van der Waals surface area contributed by atoms with Crippen molar-refractivity contribution in [3.8, 4) is 5.75 Å². The van der Waals surface area contributed by atoms with Gasteiger partial charge in [0.2, 0.25) is 0 Å². The largest absolute Gasteiger partial charge is 0.495 e. The fourth-order valence-corrected chi connectivity index (χ4v) is 1.25. The standard InChI is InChI=1S/C9H12N2O/c1-12-8-2-3-9(11-6-8)7-4-10-5-7/h2-3,6-7,10H,4-5H2,1H3. The maximum absolute atomic E-state index is 5.02. The average Bonchev–Trinajstić information content (AvgIpc) is 2.03. The lowest BCUT2D eigenvalue weighted by Crippen LogP contribution is -2.40. The molecule has 1 aromatic rings. The summed E-state index contributed by atoms with van der Waals surface area (Å²) in [5.41, 5.74) is 1.16. The van der Waals surface area contributed by atoms with Gasteiger partial charge < -0.3 is 10.1 Å². The Kier molecular flexibility index (Phi) is 1.96. The number of nitrogens with zero attached hydrogens (tertiary/aromatic N) is 1. The van der Waals surface area contributed by atoms with Crippen molar-refractivity contribution in [3.63, 3.8) is 0 Å². The van der Waals surface area contributed by atoms with Gasteiger partial charge in [-0.1, -0.05) is 0 Å². The third kappa shape index (κ3) is 1.28. The van der Waals surface area contributed by atoms with Crippen molar-refractivity contribution in [2.75, 3.05) is 20.2 Å². The molecule has 1 aromatic heterocycles. The van der Waals surface area contributed by atoms with Crippen LogP contribution in [0.3, 0.4) is 0 Å². The Morgan fingerprint density at radius 3 is 2.75 bits per heavy atom. The van der Waals surface area contributed by atoms with Crippen LogP contribution in [0.15, 0.2) is 18.3 Å². The Morgan fingerprint density at radius 2 is 2.33 bits per heavy atom. The van der Waals surface area contributed by atoms with Crippen LogP contribution in [0.4, 0.5) is 0 Å². The van der Waals surface area contributed by atoms with Gasteiger partial charge in [0.15, 0.2) is 0 Å². The lowest BCUT2D eigenvalue weighted by molar-refractivity contribution is 0.408. The molecule has 0 unspecified atom stereocenters. The lowest BCUT2D eigenvalue weighted by atomic mass is 9.99. The van der Waals surface area contributed by atoms with E-state index in [-0.39, 0.29) is 0 Å². The van der Waals surface area contributed by atoms with Gasteiger partial charge in [0, 0.05) is 24.7 Å². The molecule has 0 saturated carbocycles. The SMILES string of the molecule is COc1ccc(C2CNC2)nc1. The Hall–Kier alpha value is -1.09. The third-order valence-corrected chi connectivity index (χ3v) is 2.19. The number of pyridine rings is 1. The van der Waals surface area contributed by atoms with E-state index >= 15 is 0 Å². The van der Waals surface area contributed by atoms with Crippen molar-refractivity contribution in [3.05, 3.63) is 24.0 Å². The minimum absolute atomic E-state index is 0.607. The van der Waals surface area contributed by atoms with E-state index in [1.54, 1.807) is 13.3 Å². The first-order valence-electron chi connectivity index (χ1n) is 4.11. The normalized spacial score (nSPS) is 17.1. The molecule has 2 rings (SSSR count). The second kappa shape index (κ2) is 3.11. The molecular weight excluding hydrogens is 152 g/mol. The molecule has 64 valence electrons. The molecular formula is C9H12N2O. The minimum Gasteiger partial charge on any atom is -0.495 e. The summed E-state index contributed by atoms with van der Waals surface area (Å²) in [6.07, 6.45) is 1.77. The van der Waals surface area contributed by atoms with Crippen molar-refractivity contribution in [2.24, 2.45) is 0 Å². The zero-order chi connectivity index (χ0) is 8.39. The fourth-order valence-electron chi connectivity index (χ4n) is 1.25. The smallest absolute Gasteiger partial charge is 0.137 e. The van der Waals surface area contributed by atoms with Crippen LogP contribution in [-0.2, 0) is 0 Å². The van der Waals surface area contributed by atoms with Crippen LogP contribution in [0.25, 0.3) is 0 Å². The van der Waals surface area contributed by atoms with E-state index in [0.29, 0.717) is 5.92 Å². The summed E-state index contributed by atoms with van der Waals surface area (Å²) in [6.45, 7) is 2.11. The zero-order valence-corrected chi connectivity index (χ0v) is 7.08. The molecule has 0 aromatic carbocycles. The van der Waals surface area contributed by atoms with Gasteiger partial charge in [-0.3, -0.25) is 4.98 Å². The molecule has 12 heavy (non-hydrogen) atoms.